The maximum absolute atomic E-state index is 5.44. The van der Waals surface area contributed by atoms with Gasteiger partial charge < -0.3 is 14.2 Å². The highest BCUT2D eigenvalue weighted by atomic mass is 79.9. The van der Waals surface area contributed by atoms with Crippen LogP contribution in [0.25, 0.3) is 22.5 Å². The van der Waals surface area contributed by atoms with Crippen molar-refractivity contribution in [1.29, 1.82) is 0 Å². The molecule has 0 amide bonds. The van der Waals surface area contributed by atoms with Gasteiger partial charge in [0, 0.05) is 32.4 Å². The summed E-state index contributed by atoms with van der Waals surface area (Å²) in [6, 6.07) is 5.60. The van der Waals surface area contributed by atoms with Crippen LogP contribution in [0.3, 0.4) is 0 Å². The van der Waals surface area contributed by atoms with E-state index in [0.29, 0.717) is 11.6 Å². The molecule has 27 heavy (non-hydrogen) atoms. The van der Waals surface area contributed by atoms with E-state index in [9.17, 15) is 0 Å². The summed E-state index contributed by atoms with van der Waals surface area (Å²) in [7, 11) is 0. The molecule has 9 nitrogen and oxygen atoms in total. The summed E-state index contributed by atoms with van der Waals surface area (Å²) in [4.78, 5) is 22.2. The van der Waals surface area contributed by atoms with Crippen LogP contribution in [0.4, 0.5) is 11.8 Å². The summed E-state index contributed by atoms with van der Waals surface area (Å²) in [6.07, 6.45) is 4.96. The van der Waals surface area contributed by atoms with E-state index < -0.39 is 0 Å². The van der Waals surface area contributed by atoms with Gasteiger partial charge in [0.05, 0.1) is 11.6 Å². The van der Waals surface area contributed by atoms with Gasteiger partial charge in [-0.2, -0.15) is 5.10 Å². The van der Waals surface area contributed by atoms with Gasteiger partial charge in [-0.1, -0.05) is 0 Å². The number of aromatic nitrogens is 6. The predicted molar refractivity (Wildman–Crippen MR) is 104 cm³/mol. The number of piperazine rings is 1. The van der Waals surface area contributed by atoms with Gasteiger partial charge in [-0.3, -0.25) is 5.10 Å². The lowest BCUT2D eigenvalue weighted by Crippen LogP contribution is -2.47. The third-order valence-corrected chi connectivity index (χ3v) is 5.14. The van der Waals surface area contributed by atoms with Gasteiger partial charge in [-0.05, 0) is 34.1 Å². The zero-order chi connectivity index (χ0) is 18.2. The second kappa shape index (κ2) is 6.62. The van der Waals surface area contributed by atoms with Gasteiger partial charge in [0.25, 0.3) is 0 Å². The second-order valence-corrected chi connectivity index (χ2v) is 6.92. The first kappa shape index (κ1) is 16.2. The highest BCUT2D eigenvalue weighted by Gasteiger charge is 2.23. The van der Waals surface area contributed by atoms with Gasteiger partial charge in [-0.15, -0.1) is 0 Å². The Morgan fingerprint density at radius 2 is 1.89 bits per heavy atom. The van der Waals surface area contributed by atoms with Crippen molar-refractivity contribution in [1.82, 2.24) is 30.1 Å². The quantitative estimate of drug-likeness (QED) is 0.533. The molecule has 0 bridgehead atoms. The summed E-state index contributed by atoms with van der Waals surface area (Å²) in [5.41, 5.74) is 1.44. The molecule has 0 saturated carbocycles. The summed E-state index contributed by atoms with van der Waals surface area (Å²) >= 11 is 3.50. The van der Waals surface area contributed by atoms with Crippen molar-refractivity contribution in [3.05, 3.63) is 41.6 Å². The number of hydrogen-bond acceptors (Lipinski definition) is 8. The number of nitrogens with one attached hydrogen (secondary N) is 1. The molecule has 136 valence electrons. The van der Waals surface area contributed by atoms with E-state index in [-0.39, 0.29) is 0 Å². The van der Waals surface area contributed by atoms with Crippen LogP contribution in [0.1, 0.15) is 0 Å². The van der Waals surface area contributed by atoms with Crippen molar-refractivity contribution in [2.75, 3.05) is 36.0 Å². The number of fused-ring (bicyclic) bond motifs is 1. The highest BCUT2D eigenvalue weighted by Crippen LogP contribution is 2.29. The van der Waals surface area contributed by atoms with E-state index in [2.05, 4.69) is 55.9 Å². The van der Waals surface area contributed by atoms with Crippen LogP contribution in [-0.2, 0) is 0 Å². The molecule has 1 aliphatic heterocycles. The third-order valence-electron chi connectivity index (χ3n) is 4.57. The summed E-state index contributed by atoms with van der Waals surface area (Å²) in [5, 5.41) is 7.99. The Bertz CT molecular complexity index is 1070. The Balaban J connectivity index is 1.36. The maximum Gasteiger partial charge on any atom is 0.226 e. The Labute approximate surface area is 162 Å². The van der Waals surface area contributed by atoms with Crippen molar-refractivity contribution in [2.45, 2.75) is 0 Å². The van der Waals surface area contributed by atoms with Crippen LogP contribution in [0, 0.1) is 0 Å². The minimum absolute atomic E-state index is 0.656. The topological polar surface area (TPSA) is 99.9 Å². The first-order valence-corrected chi connectivity index (χ1v) is 9.30. The zero-order valence-electron chi connectivity index (χ0n) is 14.2. The molecule has 0 aliphatic carbocycles. The van der Waals surface area contributed by atoms with Gasteiger partial charge in [-0.25, -0.2) is 19.9 Å². The average Bonchev–Trinajstić information content (AvgIpc) is 3.39. The molecular formula is C17H15BrN8O. The number of H-pyrrole nitrogens is 1. The summed E-state index contributed by atoms with van der Waals surface area (Å²) < 4.78 is 6.23. The number of anilines is 2. The van der Waals surface area contributed by atoms with E-state index in [1.807, 2.05) is 18.2 Å². The lowest BCUT2D eigenvalue weighted by molar-refractivity contribution is 0.579. The molecule has 5 rings (SSSR count). The predicted octanol–water partition coefficient (Wildman–Crippen LogP) is 2.49. The average molecular weight is 427 g/mol. The van der Waals surface area contributed by atoms with Crippen LogP contribution < -0.4 is 9.80 Å². The summed E-state index contributed by atoms with van der Waals surface area (Å²) in [6.45, 7) is 3.20. The molecular weight excluding hydrogens is 412 g/mol. The van der Waals surface area contributed by atoms with Gasteiger partial charge in [0.15, 0.2) is 11.4 Å². The van der Waals surface area contributed by atoms with E-state index in [1.54, 1.807) is 18.8 Å². The Kier molecular flexibility index (Phi) is 3.97. The molecule has 0 unspecified atom stereocenters. The molecule has 1 aliphatic rings. The van der Waals surface area contributed by atoms with E-state index in [0.717, 1.165) is 53.4 Å². The lowest BCUT2D eigenvalue weighted by Gasteiger charge is -2.35. The van der Waals surface area contributed by atoms with Crippen molar-refractivity contribution in [3.8, 4) is 11.5 Å². The van der Waals surface area contributed by atoms with Crippen molar-refractivity contribution < 1.29 is 4.42 Å². The number of hydrogen-bond donors (Lipinski definition) is 1. The lowest BCUT2D eigenvalue weighted by atomic mass is 10.3. The van der Waals surface area contributed by atoms with Crippen LogP contribution in [0.2, 0.25) is 0 Å². The standard InChI is InChI=1S/C17H15BrN8O/c18-14-13-15(24-23-14)20-10-21-16(13)25-5-7-26(8-6-25)17-19-4-3-11(22-17)12-2-1-9-27-12/h1-4,9-10H,5-8H2,(H,20,21,23,24). The molecule has 0 aromatic carbocycles. The molecule has 5 heterocycles. The maximum atomic E-state index is 5.44. The molecule has 0 spiro atoms. The fourth-order valence-corrected chi connectivity index (χ4v) is 3.67. The minimum atomic E-state index is 0.656. The van der Waals surface area contributed by atoms with E-state index >= 15 is 0 Å². The van der Waals surface area contributed by atoms with Gasteiger partial charge in [0.1, 0.15) is 22.4 Å². The van der Waals surface area contributed by atoms with Crippen LogP contribution in [0.5, 0.6) is 0 Å². The smallest absolute Gasteiger partial charge is 0.226 e. The molecule has 4 aromatic rings. The molecule has 1 fully saturated rings. The van der Waals surface area contributed by atoms with E-state index in [1.165, 1.54) is 0 Å². The number of furan rings is 1. The van der Waals surface area contributed by atoms with Gasteiger partial charge >= 0.3 is 0 Å². The normalized spacial score (nSPS) is 14.9. The Hall–Kier alpha value is -3.01. The number of rotatable bonds is 3. The van der Waals surface area contributed by atoms with E-state index in [4.69, 9.17) is 4.42 Å². The van der Waals surface area contributed by atoms with Gasteiger partial charge in [0.2, 0.25) is 5.95 Å². The Morgan fingerprint density at radius 3 is 2.70 bits per heavy atom. The molecule has 1 saturated heterocycles. The number of aromatic amines is 1. The SMILES string of the molecule is Brc1[nH]nc2ncnc(N3CCN(c4nccc(-c5ccco5)n4)CC3)c12. The van der Waals surface area contributed by atoms with Crippen LogP contribution in [0.15, 0.2) is 46.0 Å². The first-order chi connectivity index (χ1) is 13.3. The number of halogens is 1. The largest absolute Gasteiger partial charge is 0.463 e. The Morgan fingerprint density at radius 1 is 1.04 bits per heavy atom. The van der Waals surface area contributed by atoms with Crippen molar-refractivity contribution >= 4 is 38.7 Å². The molecule has 10 heteroatoms. The highest BCUT2D eigenvalue weighted by molar-refractivity contribution is 9.10. The fourth-order valence-electron chi connectivity index (χ4n) is 3.23. The molecule has 1 N–H and O–H groups in total. The minimum Gasteiger partial charge on any atom is -0.463 e. The zero-order valence-corrected chi connectivity index (χ0v) is 15.8. The van der Waals surface area contributed by atoms with Crippen LogP contribution in [-0.4, -0.2) is 56.3 Å². The van der Waals surface area contributed by atoms with Crippen LogP contribution >= 0.6 is 15.9 Å². The first-order valence-electron chi connectivity index (χ1n) is 8.51. The fraction of sp³-hybridized carbons (Fsp3) is 0.235. The third kappa shape index (κ3) is 2.91. The van der Waals surface area contributed by atoms with Crippen molar-refractivity contribution in [3.63, 3.8) is 0 Å². The molecule has 0 radical (unpaired) electrons. The van der Waals surface area contributed by atoms with Crippen molar-refractivity contribution in [2.24, 2.45) is 0 Å². The number of nitrogens with zero attached hydrogens (tertiary/aromatic N) is 7. The molecule has 4 aromatic heterocycles. The monoisotopic (exact) mass is 426 g/mol. The summed E-state index contributed by atoms with van der Waals surface area (Å²) in [5.74, 6) is 2.33. The second-order valence-electron chi connectivity index (χ2n) is 6.13. The molecule has 0 atom stereocenters.